The molecular formula is C16H24N4O. The maximum Gasteiger partial charge on any atom is 0.299 e. The maximum absolute atomic E-state index is 5.87. The molecule has 1 saturated heterocycles. The van der Waals surface area contributed by atoms with Crippen LogP contribution in [0.1, 0.15) is 26.0 Å². The van der Waals surface area contributed by atoms with Gasteiger partial charge in [0.05, 0.1) is 0 Å². The molecule has 3 rings (SSSR count). The average molecular weight is 288 g/mol. The molecule has 5 heteroatoms. The molecule has 0 saturated carbocycles. The molecule has 0 atom stereocenters. The number of nitrogens with zero attached hydrogens (tertiary/aromatic N) is 4. The van der Waals surface area contributed by atoms with E-state index in [4.69, 9.17) is 4.42 Å². The molecule has 0 aromatic carbocycles. The van der Waals surface area contributed by atoms with Gasteiger partial charge in [0, 0.05) is 31.9 Å². The number of fused-ring (bicyclic) bond motifs is 1. The number of rotatable bonds is 3. The van der Waals surface area contributed by atoms with Gasteiger partial charge in [0.25, 0.3) is 6.01 Å². The van der Waals surface area contributed by atoms with Gasteiger partial charge in [-0.3, -0.25) is 0 Å². The van der Waals surface area contributed by atoms with Crippen molar-refractivity contribution in [2.24, 2.45) is 5.92 Å². The number of aromatic nitrogens is 2. The molecule has 0 N–H and O–H groups in total. The Labute approximate surface area is 126 Å². The normalized spacial score (nSPS) is 17.6. The molecule has 0 aliphatic carbocycles. The van der Waals surface area contributed by atoms with Crippen molar-refractivity contribution >= 4 is 17.2 Å². The molecule has 5 nitrogen and oxygen atoms in total. The summed E-state index contributed by atoms with van der Waals surface area (Å²) in [5, 5.41) is 0. The molecule has 0 spiro atoms. The minimum atomic E-state index is 0.716. The fraction of sp³-hybridized carbons (Fsp3) is 0.625. The summed E-state index contributed by atoms with van der Waals surface area (Å²) in [6.07, 6.45) is 1.15. The quantitative estimate of drug-likeness (QED) is 0.869. The Bertz CT molecular complexity index is 607. The zero-order valence-corrected chi connectivity index (χ0v) is 13.2. The largest absolute Gasteiger partial charge is 0.422 e. The highest BCUT2D eigenvalue weighted by atomic mass is 16.4. The summed E-state index contributed by atoms with van der Waals surface area (Å²) in [6.45, 7) is 11.9. The van der Waals surface area contributed by atoms with Gasteiger partial charge >= 0.3 is 0 Å². The molecule has 0 amide bonds. The zero-order valence-electron chi connectivity index (χ0n) is 13.2. The topological polar surface area (TPSA) is 45.4 Å². The van der Waals surface area contributed by atoms with E-state index in [2.05, 4.69) is 33.6 Å². The number of hydrogen-bond donors (Lipinski definition) is 0. The Hall–Kier alpha value is -1.62. The Morgan fingerprint density at radius 3 is 2.81 bits per heavy atom. The van der Waals surface area contributed by atoms with E-state index in [1.807, 2.05) is 19.1 Å². The van der Waals surface area contributed by atoms with Crippen LogP contribution in [0.3, 0.4) is 0 Å². The summed E-state index contributed by atoms with van der Waals surface area (Å²) in [6, 6.07) is 4.63. The van der Waals surface area contributed by atoms with Crippen molar-refractivity contribution < 1.29 is 4.42 Å². The van der Waals surface area contributed by atoms with E-state index in [-0.39, 0.29) is 0 Å². The van der Waals surface area contributed by atoms with Crippen LogP contribution in [-0.2, 0) is 0 Å². The van der Waals surface area contributed by atoms with Crippen LogP contribution in [0.2, 0.25) is 0 Å². The Morgan fingerprint density at radius 2 is 2.00 bits per heavy atom. The van der Waals surface area contributed by atoms with Gasteiger partial charge in [0.15, 0.2) is 5.58 Å². The van der Waals surface area contributed by atoms with Gasteiger partial charge in [0.2, 0.25) is 5.65 Å². The van der Waals surface area contributed by atoms with Crippen LogP contribution < -0.4 is 4.90 Å². The monoisotopic (exact) mass is 288 g/mol. The SMILES string of the molecule is Cc1ccc2oc(N3CCCN(CC(C)C)CC3)nc2n1. The van der Waals surface area contributed by atoms with Gasteiger partial charge in [-0.2, -0.15) is 4.98 Å². The van der Waals surface area contributed by atoms with Gasteiger partial charge < -0.3 is 14.2 Å². The molecule has 0 unspecified atom stereocenters. The standard InChI is InChI=1S/C16H24N4O/c1-12(2)11-19-7-4-8-20(10-9-19)16-18-15-14(21-16)6-5-13(3)17-15/h5-6,12H,4,7-11H2,1-3H3. The highest BCUT2D eigenvalue weighted by Crippen LogP contribution is 2.22. The first-order valence-electron chi connectivity index (χ1n) is 7.83. The zero-order chi connectivity index (χ0) is 14.8. The fourth-order valence-corrected chi connectivity index (χ4v) is 2.90. The fourth-order valence-electron chi connectivity index (χ4n) is 2.90. The summed E-state index contributed by atoms with van der Waals surface area (Å²) < 4.78 is 5.87. The Kier molecular flexibility index (Phi) is 4.10. The lowest BCUT2D eigenvalue weighted by molar-refractivity contribution is 0.260. The third kappa shape index (κ3) is 3.35. The van der Waals surface area contributed by atoms with Crippen LogP contribution in [0, 0.1) is 12.8 Å². The second-order valence-electron chi connectivity index (χ2n) is 6.31. The predicted octanol–water partition coefficient (Wildman–Crippen LogP) is 2.70. The van der Waals surface area contributed by atoms with Crippen LogP contribution in [-0.4, -0.2) is 47.6 Å². The van der Waals surface area contributed by atoms with E-state index in [1.165, 1.54) is 6.54 Å². The van der Waals surface area contributed by atoms with Crippen LogP contribution in [0.5, 0.6) is 0 Å². The minimum absolute atomic E-state index is 0.716. The first-order chi connectivity index (χ1) is 10.1. The van der Waals surface area contributed by atoms with Crippen molar-refractivity contribution in [3.8, 4) is 0 Å². The van der Waals surface area contributed by atoms with Crippen molar-refractivity contribution in [3.63, 3.8) is 0 Å². The van der Waals surface area contributed by atoms with Crippen molar-refractivity contribution in [1.82, 2.24) is 14.9 Å². The summed E-state index contributed by atoms with van der Waals surface area (Å²) in [5.74, 6) is 0.716. The lowest BCUT2D eigenvalue weighted by Gasteiger charge is -2.22. The first kappa shape index (κ1) is 14.3. The van der Waals surface area contributed by atoms with Crippen LogP contribution in [0.4, 0.5) is 6.01 Å². The van der Waals surface area contributed by atoms with E-state index < -0.39 is 0 Å². The van der Waals surface area contributed by atoms with E-state index >= 15 is 0 Å². The van der Waals surface area contributed by atoms with Crippen molar-refractivity contribution in [2.75, 3.05) is 37.6 Å². The summed E-state index contributed by atoms with van der Waals surface area (Å²) in [4.78, 5) is 13.8. The molecule has 21 heavy (non-hydrogen) atoms. The summed E-state index contributed by atoms with van der Waals surface area (Å²) >= 11 is 0. The molecule has 2 aromatic rings. The molecular weight excluding hydrogens is 264 g/mol. The lowest BCUT2D eigenvalue weighted by Crippen LogP contribution is -2.33. The van der Waals surface area contributed by atoms with E-state index in [0.717, 1.165) is 49.9 Å². The molecule has 0 bridgehead atoms. The molecule has 3 heterocycles. The second-order valence-corrected chi connectivity index (χ2v) is 6.31. The van der Waals surface area contributed by atoms with Crippen molar-refractivity contribution in [1.29, 1.82) is 0 Å². The van der Waals surface area contributed by atoms with E-state index in [1.54, 1.807) is 0 Å². The third-order valence-electron chi connectivity index (χ3n) is 3.86. The average Bonchev–Trinajstić information content (AvgIpc) is 2.70. The Balaban J connectivity index is 1.73. The molecule has 114 valence electrons. The number of hydrogen-bond acceptors (Lipinski definition) is 5. The van der Waals surface area contributed by atoms with Crippen LogP contribution >= 0.6 is 0 Å². The van der Waals surface area contributed by atoms with Gasteiger partial charge in [-0.15, -0.1) is 0 Å². The third-order valence-corrected chi connectivity index (χ3v) is 3.86. The van der Waals surface area contributed by atoms with Crippen molar-refractivity contribution in [3.05, 3.63) is 17.8 Å². The Morgan fingerprint density at radius 1 is 1.14 bits per heavy atom. The molecule has 0 radical (unpaired) electrons. The van der Waals surface area contributed by atoms with Crippen molar-refractivity contribution in [2.45, 2.75) is 27.2 Å². The smallest absolute Gasteiger partial charge is 0.299 e. The van der Waals surface area contributed by atoms with Gasteiger partial charge in [-0.1, -0.05) is 13.8 Å². The maximum atomic E-state index is 5.87. The molecule has 1 aliphatic rings. The number of oxazole rings is 1. The minimum Gasteiger partial charge on any atom is -0.422 e. The highest BCUT2D eigenvalue weighted by Gasteiger charge is 2.19. The van der Waals surface area contributed by atoms with E-state index in [9.17, 15) is 0 Å². The number of anilines is 1. The number of aryl methyl sites for hydroxylation is 1. The molecule has 2 aromatic heterocycles. The molecule has 1 aliphatic heterocycles. The second kappa shape index (κ2) is 6.02. The van der Waals surface area contributed by atoms with Gasteiger partial charge in [-0.05, 0) is 37.9 Å². The number of pyridine rings is 1. The van der Waals surface area contributed by atoms with Gasteiger partial charge in [0.1, 0.15) is 0 Å². The van der Waals surface area contributed by atoms with Crippen LogP contribution in [0.25, 0.3) is 11.2 Å². The van der Waals surface area contributed by atoms with Crippen LogP contribution in [0.15, 0.2) is 16.5 Å². The van der Waals surface area contributed by atoms with E-state index in [0.29, 0.717) is 11.6 Å². The summed E-state index contributed by atoms with van der Waals surface area (Å²) in [7, 11) is 0. The molecule has 1 fully saturated rings. The first-order valence-corrected chi connectivity index (χ1v) is 7.83. The van der Waals surface area contributed by atoms with Gasteiger partial charge in [-0.25, -0.2) is 4.98 Å². The highest BCUT2D eigenvalue weighted by molar-refractivity contribution is 5.70. The lowest BCUT2D eigenvalue weighted by atomic mass is 10.2. The summed E-state index contributed by atoms with van der Waals surface area (Å²) in [5.41, 5.74) is 2.47. The predicted molar refractivity (Wildman–Crippen MR) is 84.6 cm³/mol.